The second kappa shape index (κ2) is 7.11. The zero-order chi connectivity index (χ0) is 14.4. The van der Waals surface area contributed by atoms with E-state index in [1.54, 1.807) is 7.11 Å². The molecule has 4 N–H and O–H groups in total. The molecule has 0 spiro atoms. The lowest BCUT2D eigenvalue weighted by Crippen LogP contribution is -2.33. The van der Waals surface area contributed by atoms with Crippen molar-refractivity contribution in [2.24, 2.45) is 5.73 Å². The van der Waals surface area contributed by atoms with Crippen molar-refractivity contribution in [3.8, 4) is 5.75 Å². The van der Waals surface area contributed by atoms with Gasteiger partial charge in [0.15, 0.2) is 0 Å². The second-order valence-corrected chi connectivity index (χ2v) is 4.67. The number of hydrogen-bond acceptors (Lipinski definition) is 4. The number of aryl methyl sites for hydroxylation is 2. The van der Waals surface area contributed by atoms with Gasteiger partial charge in [-0.05, 0) is 44.0 Å². The number of methoxy groups -OCH3 is 1. The molecule has 0 radical (unpaired) electrons. The minimum atomic E-state index is -0.967. The summed E-state index contributed by atoms with van der Waals surface area (Å²) in [5, 5.41) is 11.9. The van der Waals surface area contributed by atoms with Crippen LogP contribution >= 0.6 is 0 Å². The quantitative estimate of drug-likeness (QED) is 0.646. The molecule has 1 unspecified atom stereocenters. The first-order valence-electron chi connectivity index (χ1n) is 6.29. The Hall–Kier alpha value is -1.59. The summed E-state index contributed by atoms with van der Waals surface area (Å²) in [7, 11) is 1.65. The van der Waals surface area contributed by atoms with Crippen molar-refractivity contribution in [3.05, 3.63) is 28.8 Å². The number of carboxylic acids is 1. The molecular weight excluding hydrogens is 244 g/mol. The van der Waals surface area contributed by atoms with Crippen LogP contribution in [-0.4, -0.2) is 30.8 Å². The highest BCUT2D eigenvalue weighted by Gasteiger charge is 2.11. The van der Waals surface area contributed by atoms with Crippen LogP contribution < -0.4 is 15.8 Å². The number of benzene rings is 1. The predicted molar refractivity (Wildman–Crippen MR) is 74.4 cm³/mol. The normalized spacial score (nSPS) is 12.2. The number of carboxylic acid groups (broad SMARTS) is 1. The van der Waals surface area contributed by atoms with E-state index in [9.17, 15) is 4.79 Å². The van der Waals surface area contributed by atoms with Gasteiger partial charge in [-0.2, -0.15) is 0 Å². The standard InChI is InChI=1S/C14H22N2O3/c1-9-6-10(2)11(13(7-9)19-3)8-16-5-4-12(15)14(17)18/h6-7,12,16H,4-5,8,15H2,1-3H3,(H,17,18). The van der Waals surface area contributed by atoms with Crippen LogP contribution in [0.2, 0.25) is 0 Å². The van der Waals surface area contributed by atoms with Crippen LogP contribution in [0.25, 0.3) is 0 Å². The Bertz CT molecular complexity index is 447. The topological polar surface area (TPSA) is 84.6 Å². The van der Waals surface area contributed by atoms with Gasteiger partial charge < -0.3 is 20.9 Å². The number of aliphatic carboxylic acids is 1. The molecule has 1 rings (SSSR count). The van der Waals surface area contributed by atoms with E-state index in [4.69, 9.17) is 15.6 Å². The van der Waals surface area contributed by atoms with Gasteiger partial charge in [-0.1, -0.05) is 6.07 Å². The highest BCUT2D eigenvalue weighted by Crippen LogP contribution is 2.23. The molecule has 1 aromatic rings. The highest BCUT2D eigenvalue weighted by molar-refractivity contribution is 5.72. The second-order valence-electron chi connectivity index (χ2n) is 4.67. The van der Waals surface area contributed by atoms with Crippen molar-refractivity contribution in [2.45, 2.75) is 32.9 Å². The molecule has 0 bridgehead atoms. The minimum Gasteiger partial charge on any atom is -0.496 e. The van der Waals surface area contributed by atoms with Crippen molar-refractivity contribution in [1.82, 2.24) is 5.32 Å². The summed E-state index contributed by atoms with van der Waals surface area (Å²) in [6.07, 6.45) is 0.405. The lowest BCUT2D eigenvalue weighted by molar-refractivity contribution is -0.138. The number of rotatable bonds is 7. The van der Waals surface area contributed by atoms with E-state index in [1.165, 1.54) is 0 Å². The molecule has 0 saturated carbocycles. The third kappa shape index (κ3) is 4.54. The Morgan fingerprint density at radius 3 is 2.74 bits per heavy atom. The Balaban J connectivity index is 2.56. The summed E-state index contributed by atoms with van der Waals surface area (Å²) < 4.78 is 5.36. The van der Waals surface area contributed by atoms with Crippen molar-refractivity contribution < 1.29 is 14.6 Å². The van der Waals surface area contributed by atoms with Gasteiger partial charge in [0.1, 0.15) is 11.8 Å². The molecule has 106 valence electrons. The van der Waals surface area contributed by atoms with Crippen LogP contribution in [-0.2, 0) is 11.3 Å². The first-order valence-corrected chi connectivity index (χ1v) is 6.29. The van der Waals surface area contributed by atoms with E-state index in [0.29, 0.717) is 19.5 Å². The van der Waals surface area contributed by atoms with E-state index in [2.05, 4.69) is 11.4 Å². The van der Waals surface area contributed by atoms with Gasteiger partial charge in [0, 0.05) is 12.1 Å². The van der Waals surface area contributed by atoms with Crippen LogP contribution in [0.4, 0.5) is 0 Å². The molecule has 0 saturated heterocycles. The fourth-order valence-electron chi connectivity index (χ4n) is 1.96. The number of carbonyl (C=O) groups is 1. The first kappa shape index (κ1) is 15.5. The number of nitrogens with one attached hydrogen (secondary N) is 1. The molecule has 0 fully saturated rings. The van der Waals surface area contributed by atoms with E-state index >= 15 is 0 Å². The van der Waals surface area contributed by atoms with Crippen LogP contribution in [0.15, 0.2) is 12.1 Å². The summed E-state index contributed by atoms with van der Waals surface area (Å²) >= 11 is 0. The van der Waals surface area contributed by atoms with Crippen LogP contribution in [0.5, 0.6) is 5.75 Å². The average Bonchev–Trinajstić information content (AvgIpc) is 2.35. The van der Waals surface area contributed by atoms with E-state index in [1.807, 2.05) is 19.9 Å². The Morgan fingerprint density at radius 2 is 2.16 bits per heavy atom. The third-order valence-corrected chi connectivity index (χ3v) is 3.05. The van der Waals surface area contributed by atoms with Crippen LogP contribution in [0, 0.1) is 13.8 Å². The van der Waals surface area contributed by atoms with Crippen LogP contribution in [0.1, 0.15) is 23.1 Å². The van der Waals surface area contributed by atoms with Crippen molar-refractivity contribution in [2.75, 3.05) is 13.7 Å². The minimum absolute atomic E-state index is 0.405. The maximum atomic E-state index is 10.6. The van der Waals surface area contributed by atoms with E-state index < -0.39 is 12.0 Å². The smallest absolute Gasteiger partial charge is 0.320 e. The van der Waals surface area contributed by atoms with Gasteiger partial charge in [0.25, 0.3) is 0 Å². The van der Waals surface area contributed by atoms with Crippen LogP contribution in [0.3, 0.4) is 0 Å². The van der Waals surface area contributed by atoms with Crippen molar-refractivity contribution in [3.63, 3.8) is 0 Å². The molecule has 19 heavy (non-hydrogen) atoms. The summed E-state index contributed by atoms with van der Waals surface area (Å²) in [5.41, 5.74) is 8.85. The van der Waals surface area contributed by atoms with Gasteiger partial charge in [-0.3, -0.25) is 4.79 Å². The SMILES string of the molecule is COc1cc(C)cc(C)c1CNCCC(N)C(=O)O. The van der Waals surface area contributed by atoms with Gasteiger partial charge >= 0.3 is 5.97 Å². The Labute approximate surface area is 113 Å². The summed E-state index contributed by atoms with van der Waals surface area (Å²) in [6.45, 7) is 5.26. The summed E-state index contributed by atoms with van der Waals surface area (Å²) in [6, 6.07) is 3.28. The van der Waals surface area contributed by atoms with E-state index in [-0.39, 0.29) is 0 Å². The molecular formula is C14H22N2O3. The molecule has 0 aliphatic carbocycles. The summed E-state index contributed by atoms with van der Waals surface area (Å²) in [5.74, 6) is -0.113. The largest absolute Gasteiger partial charge is 0.496 e. The third-order valence-electron chi connectivity index (χ3n) is 3.05. The monoisotopic (exact) mass is 266 g/mol. The predicted octanol–water partition coefficient (Wildman–Crippen LogP) is 1.20. The molecule has 1 atom stereocenters. The first-order chi connectivity index (χ1) is 8.95. The number of hydrogen-bond donors (Lipinski definition) is 3. The Kier molecular flexibility index (Phi) is 5.79. The molecule has 0 aliphatic rings. The fourth-order valence-corrected chi connectivity index (χ4v) is 1.96. The van der Waals surface area contributed by atoms with E-state index in [0.717, 1.165) is 22.4 Å². The molecule has 0 aliphatic heterocycles. The van der Waals surface area contributed by atoms with Gasteiger partial charge in [-0.25, -0.2) is 0 Å². The summed E-state index contributed by atoms with van der Waals surface area (Å²) in [4.78, 5) is 10.6. The maximum absolute atomic E-state index is 10.6. The number of ether oxygens (including phenoxy) is 1. The van der Waals surface area contributed by atoms with Gasteiger partial charge in [0.05, 0.1) is 7.11 Å². The molecule has 5 heteroatoms. The zero-order valence-corrected chi connectivity index (χ0v) is 11.7. The maximum Gasteiger partial charge on any atom is 0.320 e. The van der Waals surface area contributed by atoms with Gasteiger partial charge in [-0.15, -0.1) is 0 Å². The molecule has 0 aromatic heterocycles. The average molecular weight is 266 g/mol. The molecule has 0 heterocycles. The van der Waals surface area contributed by atoms with Crippen molar-refractivity contribution >= 4 is 5.97 Å². The highest BCUT2D eigenvalue weighted by atomic mass is 16.5. The number of nitrogens with two attached hydrogens (primary N) is 1. The molecule has 1 aromatic carbocycles. The molecule has 5 nitrogen and oxygen atoms in total. The Morgan fingerprint density at radius 1 is 1.47 bits per heavy atom. The lowest BCUT2D eigenvalue weighted by Gasteiger charge is -2.14. The zero-order valence-electron chi connectivity index (χ0n) is 11.7. The lowest BCUT2D eigenvalue weighted by atomic mass is 10.0. The fraction of sp³-hybridized carbons (Fsp3) is 0.500. The van der Waals surface area contributed by atoms with Crippen molar-refractivity contribution in [1.29, 1.82) is 0 Å². The van der Waals surface area contributed by atoms with Gasteiger partial charge in [0.2, 0.25) is 0 Å². The molecule has 0 amide bonds.